The summed E-state index contributed by atoms with van der Waals surface area (Å²) in [5.74, 6) is 0. The lowest BCUT2D eigenvalue weighted by molar-refractivity contribution is -0.417. The molecule has 0 aromatic heterocycles. The third kappa shape index (κ3) is 3.82. The molecule has 0 saturated heterocycles. The largest absolute Gasteiger partial charge is 0.356 e. The molecule has 0 saturated carbocycles. The Hall–Kier alpha value is -2.57. The summed E-state index contributed by atoms with van der Waals surface area (Å²) in [5.41, 5.74) is 0.628. The van der Waals surface area contributed by atoms with Gasteiger partial charge < -0.3 is 5.32 Å². The van der Waals surface area contributed by atoms with Crippen molar-refractivity contribution in [3.05, 3.63) is 56.7 Å². The lowest BCUT2D eigenvalue weighted by Crippen LogP contribution is -2.03. The Labute approximate surface area is 96.3 Å². The Morgan fingerprint density at radius 3 is 2.88 bits per heavy atom. The molecule has 0 amide bonds. The molecule has 1 aromatic carbocycles. The van der Waals surface area contributed by atoms with Gasteiger partial charge in [0.05, 0.1) is 11.1 Å². The molecule has 0 aliphatic carbocycles. The number of nitro groups is 1. The van der Waals surface area contributed by atoms with Gasteiger partial charge >= 0.3 is 5.70 Å². The molecule has 7 nitrogen and oxygen atoms in total. The number of nitrogens with zero attached hydrogens (tertiary/aromatic N) is 2. The van der Waals surface area contributed by atoms with Gasteiger partial charge in [0.25, 0.3) is 0 Å². The first-order chi connectivity index (χ1) is 8.17. The smallest absolute Gasteiger partial charge is 0.324 e. The van der Waals surface area contributed by atoms with Gasteiger partial charge in [0.2, 0.25) is 6.29 Å². The molecule has 1 rings (SSSR count). The van der Waals surface area contributed by atoms with Crippen LogP contribution in [0.2, 0.25) is 0 Å². The minimum absolute atomic E-state index is 0.0228. The van der Waals surface area contributed by atoms with Crippen LogP contribution in [0.15, 0.2) is 41.3 Å². The van der Waals surface area contributed by atoms with Crippen molar-refractivity contribution in [3.63, 3.8) is 0 Å². The molecule has 1 N–H and O–H groups in total. The highest BCUT2D eigenvalue weighted by atomic mass is 16.6. The van der Waals surface area contributed by atoms with E-state index in [4.69, 9.17) is 0 Å². The zero-order valence-electron chi connectivity index (χ0n) is 8.70. The van der Waals surface area contributed by atoms with E-state index >= 15 is 0 Å². The number of nitrogens with one attached hydrogen (secondary N) is 1. The van der Waals surface area contributed by atoms with E-state index in [9.17, 15) is 19.8 Å². The van der Waals surface area contributed by atoms with Crippen LogP contribution in [0.5, 0.6) is 0 Å². The first kappa shape index (κ1) is 12.5. The van der Waals surface area contributed by atoms with Crippen LogP contribution in [0, 0.1) is 15.0 Å². The van der Waals surface area contributed by atoms with Crippen molar-refractivity contribution >= 4 is 12.0 Å². The second kappa shape index (κ2) is 6.11. The zero-order valence-corrected chi connectivity index (χ0v) is 8.70. The summed E-state index contributed by atoms with van der Waals surface area (Å²) in [7, 11) is 0. The predicted octanol–water partition coefficient (Wildman–Crippen LogP) is 1.68. The van der Waals surface area contributed by atoms with Gasteiger partial charge in [-0.3, -0.25) is 14.9 Å². The monoisotopic (exact) mass is 235 g/mol. The number of aldehydes is 1. The molecule has 0 spiro atoms. The van der Waals surface area contributed by atoms with Gasteiger partial charge in [-0.1, -0.05) is 17.3 Å². The Bertz CT molecular complexity index is 470. The second-order valence-electron chi connectivity index (χ2n) is 3.08. The molecule has 0 atom stereocenters. The first-order valence-corrected chi connectivity index (χ1v) is 4.61. The van der Waals surface area contributed by atoms with E-state index < -0.39 is 10.6 Å². The van der Waals surface area contributed by atoms with Crippen LogP contribution >= 0.6 is 0 Å². The lowest BCUT2D eigenvalue weighted by Gasteiger charge is -2.01. The molecule has 0 aliphatic rings. The summed E-state index contributed by atoms with van der Waals surface area (Å²) in [6.07, 6.45) is 1.13. The average Bonchev–Trinajstić information content (AvgIpc) is 2.30. The second-order valence-corrected chi connectivity index (χ2v) is 3.08. The topological polar surface area (TPSA) is 102 Å². The van der Waals surface area contributed by atoms with Crippen LogP contribution in [0.3, 0.4) is 0 Å². The number of allylic oxidation sites excluding steroid dienone is 1. The van der Waals surface area contributed by atoms with Crippen molar-refractivity contribution in [2.24, 2.45) is 5.18 Å². The van der Waals surface area contributed by atoms with Crippen molar-refractivity contribution in [1.82, 2.24) is 0 Å². The maximum absolute atomic E-state index is 10.3. The van der Waals surface area contributed by atoms with Crippen molar-refractivity contribution < 1.29 is 9.72 Å². The molecular formula is C10H9N3O4. The molecule has 0 radical (unpaired) electrons. The molecule has 88 valence electrons. The summed E-state index contributed by atoms with van der Waals surface area (Å²) in [6, 6.07) is 6.63. The maximum atomic E-state index is 10.3. The maximum Gasteiger partial charge on any atom is 0.324 e. The number of benzene rings is 1. The van der Waals surface area contributed by atoms with E-state index in [0.717, 1.165) is 6.20 Å². The van der Waals surface area contributed by atoms with Crippen LogP contribution in [-0.2, 0) is 11.3 Å². The molecule has 7 heteroatoms. The molecule has 0 unspecified atom stereocenters. The van der Waals surface area contributed by atoms with Crippen molar-refractivity contribution in [2.75, 3.05) is 5.32 Å². The summed E-state index contributed by atoms with van der Waals surface area (Å²) in [6.45, 7) is 0.0228. The summed E-state index contributed by atoms with van der Waals surface area (Å²) in [4.78, 5) is 29.9. The van der Waals surface area contributed by atoms with Crippen LogP contribution in [0.4, 0.5) is 5.69 Å². The quantitative estimate of drug-likeness (QED) is 0.266. The first-order valence-electron chi connectivity index (χ1n) is 4.61. The minimum Gasteiger partial charge on any atom is -0.356 e. The highest BCUT2D eigenvalue weighted by molar-refractivity contribution is 5.70. The Morgan fingerprint density at radius 1 is 1.53 bits per heavy atom. The number of anilines is 1. The summed E-state index contributed by atoms with van der Waals surface area (Å²) >= 11 is 0. The summed E-state index contributed by atoms with van der Waals surface area (Å²) in [5, 5.41) is 15.7. The lowest BCUT2D eigenvalue weighted by atomic mass is 10.2. The van der Waals surface area contributed by atoms with E-state index in [1.807, 2.05) is 0 Å². The highest BCUT2D eigenvalue weighted by Crippen LogP contribution is 2.11. The third-order valence-corrected chi connectivity index (χ3v) is 1.89. The van der Waals surface area contributed by atoms with Gasteiger partial charge in [-0.25, -0.2) is 0 Å². The minimum atomic E-state index is -0.795. The molecule has 0 aliphatic heterocycles. The third-order valence-electron chi connectivity index (χ3n) is 1.89. The van der Waals surface area contributed by atoms with Gasteiger partial charge in [-0.2, -0.15) is 4.91 Å². The molecular weight excluding hydrogens is 226 g/mol. The molecule has 0 fully saturated rings. The van der Waals surface area contributed by atoms with Crippen molar-refractivity contribution in [2.45, 2.75) is 6.54 Å². The van der Waals surface area contributed by atoms with Gasteiger partial charge in [0.15, 0.2) is 0 Å². The highest BCUT2D eigenvalue weighted by Gasteiger charge is 2.07. The molecule has 0 bridgehead atoms. The number of carbonyl (C=O) groups excluding carboxylic acids is 1. The van der Waals surface area contributed by atoms with E-state index in [-0.39, 0.29) is 12.8 Å². The Balaban J connectivity index is 2.81. The zero-order chi connectivity index (χ0) is 12.7. The van der Waals surface area contributed by atoms with Crippen LogP contribution in [0.1, 0.15) is 5.56 Å². The Morgan fingerprint density at radius 2 is 2.29 bits per heavy atom. The normalized spacial score (nSPS) is 10.7. The van der Waals surface area contributed by atoms with Crippen LogP contribution < -0.4 is 5.32 Å². The predicted molar refractivity (Wildman–Crippen MR) is 60.7 cm³/mol. The number of hydrogen-bond donors (Lipinski definition) is 1. The fraction of sp³-hybridized carbons (Fsp3) is 0.100. The molecule has 0 heterocycles. The Kier molecular flexibility index (Phi) is 4.49. The summed E-state index contributed by atoms with van der Waals surface area (Å²) < 4.78 is 0. The van der Waals surface area contributed by atoms with Gasteiger partial charge in [-0.05, 0) is 17.7 Å². The van der Waals surface area contributed by atoms with Crippen LogP contribution in [0.25, 0.3) is 0 Å². The number of nitroso groups, excluding NO2 is 1. The van der Waals surface area contributed by atoms with E-state index in [1.54, 1.807) is 24.3 Å². The standard InChI is InChI=1S/C10H9N3O4/c14-7-10(13(16)17)6-11-9-3-1-2-8(4-9)5-12-15/h1-4,6-7,11H,5H2/b10-6-. The van der Waals surface area contributed by atoms with Gasteiger partial charge in [0.1, 0.15) is 6.54 Å². The molecule has 17 heavy (non-hydrogen) atoms. The number of hydrogen-bond acceptors (Lipinski definition) is 6. The number of rotatable bonds is 6. The van der Waals surface area contributed by atoms with E-state index in [1.165, 1.54) is 0 Å². The van der Waals surface area contributed by atoms with Crippen molar-refractivity contribution in [1.29, 1.82) is 0 Å². The fourth-order valence-electron chi connectivity index (χ4n) is 1.12. The average molecular weight is 235 g/mol. The molecule has 1 aromatic rings. The van der Waals surface area contributed by atoms with Crippen molar-refractivity contribution in [3.8, 4) is 0 Å². The van der Waals surface area contributed by atoms with Crippen LogP contribution in [-0.4, -0.2) is 11.2 Å². The van der Waals surface area contributed by atoms with E-state index in [0.29, 0.717) is 11.3 Å². The fourth-order valence-corrected chi connectivity index (χ4v) is 1.12. The van der Waals surface area contributed by atoms with Gasteiger partial charge in [-0.15, -0.1) is 0 Å². The SMILES string of the molecule is O=C/C(=C/Nc1cccc(CN=O)c1)[N+](=O)[O-]. The van der Waals surface area contributed by atoms with Gasteiger partial charge in [0, 0.05) is 5.69 Å². The number of carbonyl (C=O) groups is 1. The van der Waals surface area contributed by atoms with E-state index in [2.05, 4.69) is 10.5 Å².